The highest BCUT2D eigenvalue weighted by Gasteiger charge is 2.52. The van der Waals surface area contributed by atoms with Crippen LogP contribution in [-0.4, -0.2) is 23.9 Å². The first-order chi connectivity index (χ1) is 10.5. The van der Waals surface area contributed by atoms with Gasteiger partial charge in [0, 0.05) is 12.1 Å². The van der Waals surface area contributed by atoms with Crippen molar-refractivity contribution in [2.45, 2.75) is 83.7 Å². The zero-order valence-corrected chi connectivity index (χ0v) is 14.0. The largest absolute Gasteiger partial charge is 0.352 e. The van der Waals surface area contributed by atoms with E-state index in [0.717, 1.165) is 19.3 Å². The van der Waals surface area contributed by atoms with Gasteiger partial charge in [0.05, 0.1) is 0 Å². The Kier molecular flexibility index (Phi) is 4.47. The zero-order chi connectivity index (χ0) is 15.7. The molecule has 4 heteroatoms. The van der Waals surface area contributed by atoms with Crippen LogP contribution in [0.15, 0.2) is 0 Å². The molecule has 22 heavy (non-hydrogen) atoms. The van der Waals surface area contributed by atoms with Crippen molar-refractivity contribution in [3.63, 3.8) is 0 Å². The van der Waals surface area contributed by atoms with Crippen molar-refractivity contribution in [1.29, 1.82) is 0 Å². The number of carbonyl (C=O) groups is 2. The number of hydrogen-bond acceptors (Lipinski definition) is 2. The molecular weight excluding hydrogens is 276 g/mol. The second-order valence-electron chi connectivity index (χ2n) is 7.91. The fourth-order valence-electron chi connectivity index (χ4n) is 4.42. The molecule has 3 fully saturated rings. The third kappa shape index (κ3) is 2.77. The van der Waals surface area contributed by atoms with Crippen LogP contribution in [0.2, 0.25) is 0 Å². The molecule has 3 aliphatic carbocycles. The van der Waals surface area contributed by atoms with Gasteiger partial charge >= 0.3 is 0 Å². The van der Waals surface area contributed by atoms with Crippen LogP contribution in [0.5, 0.6) is 0 Å². The first-order valence-corrected chi connectivity index (χ1v) is 9.15. The minimum absolute atomic E-state index is 0.0133. The molecule has 0 unspecified atom stereocenters. The maximum absolute atomic E-state index is 12.8. The summed E-state index contributed by atoms with van der Waals surface area (Å²) >= 11 is 0. The van der Waals surface area contributed by atoms with E-state index in [1.165, 1.54) is 25.7 Å². The van der Waals surface area contributed by atoms with E-state index in [-0.39, 0.29) is 23.9 Å². The van der Waals surface area contributed by atoms with Crippen molar-refractivity contribution in [3.05, 3.63) is 0 Å². The van der Waals surface area contributed by atoms with Gasteiger partial charge < -0.3 is 10.6 Å². The van der Waals surface area contributed by atoms with E-state index < -0.39 is 5.41 Å². The van der Waals surface area contributed by atoms with Gasteiger partial charge in [-0.15, -0.1) is 0 Å². The summed E-state index contributed by atoms with van der Waals surface area (Å²) in [5.41, 5.74) is -0.773. The topological polar surface area (TPSA) is 58.2 Å². The summed E-state index contributed by atoms with van der Waals surface area (Å²) in [6.45, 7) is 4.40. The highest BCUT2D eigenvalue weighted by Crippen LogP contribution is 2.42. The quantitative estimate of drug-likeness (QED) is 0.785. The highest BCUT2D eigenvalue weighted by atomic mass is 16.2. The Labute approximate surface area is 133 Å². The van der Waals surface area contributed by atoms with Gasteiger partial charge in [-0.2, -0.15) is 0 Å². The maximum atomic E-state index is 12.8. The van der Waals surface area contributed by atoms with E-state index in [9.17, 15) is 9.59 Å². The number of carbonyl (C=O) groups excluding carboxylic acids is 2. The summed E-state index contributed by atoms with van der Waals surface area (Å²) in [6.07, 6.45) is 9.28. The summed E-state index contributed by atoms with van der Waals surface area (Å²) in [4.78, 5) is 25.5. The van der Waals surface area contributed by atoms with Crippen molar-refractivity contribution in [3.8, 4) is 0 Å². The smallest absolute Gasteiger partial charge is 0.235 e. The lowest BCUT2D eigenvalue weighted by Gasteiger charge is -2.40. The van der Waals surface area contributed by atoms with Crippen LogP contribution >= 0.6 is 0 Å². The van der Waals surface area contributed by atoms with E-state index in [4.69, 9.17) is 0 Å². The molecule has 0 heterocycles. The average Bonchev–Trinajstić information content (AvgIpc) is 2.99. The fraction of sp³-hybridized carbons (Fsp3) is 0.889. The average molecular weight is 306 g/mol. The van der Waals surface area contributed by atoms with Crippen LogP contribution in [0.1, 0.15) is 71.6 Å². The third-order valence-corrected chi connectivity index (χ3v) is 6.43. The molecule has 4 atom stereocenters. The molecule has 0 aliphatic heterocycles. The predicted molar refractivity (Wildman–Crippen MR) is 86.2 cm³/mol. The number of amides is 2. The molecule has 0 aromatic carbocycles. The SMILES string of the molecule is C[C@@H]1CCC[C@@H]1NC(=O)C1(C(=O)N[C@H]2CCC[C@H]2C)CCC1. The Balaban J connectivity index is 1.63. The minimum atomic E-state index is -0.773. The Morgan fingerprint density at radius 2 is 1.23 bits per heavy atom. The lowest BCUT2D eigenvalue weighted by atomic mass is 9.67. The first-order valence-electron chi connectivity index (χ1n) is 9.15. The lowest BCUT2D eigenvalue weighted by molar-refractivity contribution is -0.150. The summed E-state index contributed by atoms with van der Waals surface area (Å²) in [5.74, 6) is 1.05. The molecule has 3 aliphatic rings. The van der Waals surface area contributed by atoms with Gasteiger partial charge in [0.25, 0.3) is 0 Å². The van der Waals surface area contributed by atoms with Gasteiger partial charge in [-0.1, -0.05) is 33.1 Å². The summed E-state index contributed by atoms with van der Waals surface area (Å²) in [6, 6.07) is 0.534. The standard InChI is InChI=1S/C18H30N2O2/c1-12-6-3-8-14(12)19-16(21)18(10-5-11-18)17(22)20-15-9-4-7-13(15)2/h12-15H,3-11H2,1-2H3,(H,19,21)(H,20,22)/t12-,13-,14+,15+/m1/s1. The second kappa shape index (κ2) is 6.21. The van der Waals surface area contributed by atoms with Crippen LogP contribution in [0.3, 0.4) is 0 Å². The Bertz CT molecular complexity index is 408. The second-order valence-corrected chi connectivity index (χ2v) is 7.91. The normalized spacial score (nSPS) is 36.6. The molecule has 3 saturated carbocycles. The van der Waals surface area contributed by atoms with Crippen LogP contribution in [0.4, 0.5) is 0 Å². The van der Waals surface area contributed by atoms with Crippen molar-refractivity contribution in [1.82, 2.24) is 10.6 Å². The molecule has 0 radical (unpaired) electrons. The molecule has 124 valence electrons. The third-order valence-electron chi connectivity index (χ3n) is 6.43. The Morgan fingerprint density at radius 1 is 0.773 bits per heavy atom. The van der Waals surface area contributed by atoms with Crippen LogP contribution in [0, 0.1) is 17.3 Å². The van der Waals surface area contributed by atoms with E-state index in [1.54, 1.807) is 0 Å². The minimum Gasteiger partial charge on any atom is -0.352 e. The van der Waals surface area contributed by atoms with E-state index in [1.807, 2.05) is 0 Å². The molecule has 0 saturated heterocycles. The number of hydrogen-bond donors (Lipinski definition) is 2. The molecule has 0 spiro atoms. The van der Waals surface area contributed by atoms with Crippen molar-refractivity contribution in [2.24, 2.45) is 17.3 Å². The monoisotopic (exact) mass is 306 g/mol. The molecule has 0 aromatic rings. The molecular formula is C18H30N2O2. The zero-order valence-electron chi connectivity index (χ0n) is 14.0. The van der Waals surface area contributed by atoms with Crippen molar-refractivity contribution >= 4 is 11.8 Å². The van der Waals surface area contributed by atoms with Gasteiger partial charge in [0.1, 0.15) is 5.41 Å². The van der Waals surface area contributed by atoms with E-state index >= 15 is 0 Å². The van der Waals surface area contributed by atoms with Gasteiger partial charge in [0.15, 0.2) is 0 Å². The summed E-state index contributed by atoms with van der Waals surface area (Å²) in [5, 5.41) is 6.38. The number of rotatable bonds is 4. The van der Waals surface area contributed by atoms with E-state index in [2.05, 4.69) is 24.5 Å². The van der Waals surface area contributed by atoms with E-state index in [0.29, 0.717) is 24.7 Å². The maximum Gasteiger partial charge on any atom is 0.235 e. The van der Waals surface area contributed by atoms with Crippen LogP contribution in [-0.2, 0) is 9.59 Å². The van der Waals surface area contributed by atoms with Crippen molar-refractivity contribution < 1.29 is 9.59 Å². The van der Waals surface area contributed by atoms with Gasteiger partial charge in [-0.25, -0.2) is 0 Å². The van der Waals surface area contributed by atoms with Crippen molar-refractivity contribution in [2.75, 3.05) is 0 Å². The molecule has 3 rings (SSSR count). The Morgan fingerprint density at radius 3 is 1.50 bits per heavy atom. The number of nitrogens with one attached hydrogen (secondary N) is 2. The lowest BCUT2D eigenvalue weighted by Crippen LogP contribution is -2.58. The molecule has 0 bridgehead atoms. The first kappa shape index (κ1) is 15.8. The molecule has 2 amide bonds. The summed E-state index contributed by atoms with van der Waals surface area (Å²) in [7, 11) is 0. The molecule has 0 aromatic heterocycles. The molecule has 2 N–H and O–H groups in total. The predicted octanol–water partition coefficient (Wildman–Crippen LogP) is 2.77. The van der Waals surface area contributed by atoms with Gasteiger partial charge in [0.2, 0.25) is 11.8 Å². The van der Waals surface area contributed by atoms with Crippen LogP contribution < -0.4 is 10.6 Å². The summed E-state index contributed by atoms with van der Waals surface area (Å²) < 4.78 is 0. The Hall–Kier alpha value is -1.06. The van der Waals surface area contributed by atoms with Gasteiger partial charge in [-0.3, -0.25) is 9.59 Å². The molecule has 4 nitrogen and oxygen atoms in total. The fourth-order valence-corrected chi connectivity index (χ4v) is 4.42. The van der Waals surface area contributed by atoms with Crippen LogP contribution in [0.25, 0.3) is 0 Å². The highest BCUT2D eigenvalue weighted by molar-refractivity contribution is 6.06. The van der Waals surface area contributed by atoms with Gasteiger partial charge in [-0.05, 0) is 50.4 Å².